The lowest BCUT2D eigenvalue weighted by Gasteiger charge is -2.43. The van der Waals surface area contributed by atoms with Crippen LogP contribution in [0.25, 0.3) is 0 Å². The average Bonchev–Trinajstić information content (AvgIpc) is 2.45. The number of nitrogens with zero attached hydrogens (tertiary/aromatic N) is 1. The summed E-state index contributed by atoms with van der Waals surface area (Å²) >= 11 is 0. The van der Waals surface area contributed by atoms with Crippen LogP contribution in [0.1, 0.15) is 58.3 Å². The third-order valence-electron chi connectivity index (χ3n) is 5.10. The molecule has 1 aliphatic heterocycles. The van der Waals surface area contributed by atoms with Gasteiger partial charge in [-0.2, -0.15) is 13.2 Å². The first kappa shape index (κ1) is 17.1. The van der Waals surface area contributed by atoms with Crippen molar-refractivity contribution in [3.63, 3.8) is 0 Å². The van der Waals surface area contributed by atoms with Gasteiger partial charge in [0.05, 0.1) is 0 Å². The predicted molar refractivity (Wildman–Crippen MR) is 79.3 cm³/mol. The Balaban J connectivity index is 1.73. The second-order valence-electron chi connectivity index (χ2n) is 6.83. The molecule has 0 radical (unpaired) electrons. The molecule has 2 fully saturated rings. The third-order valence-corrected chi connectivity index (χ3v) is 5.10. The first-order valence-corrected chi connectivity index (χ1v) is 8.50. The summed E-state index contributed by atoms with van der Waals surface area (Å²) in [4.78, 5) is 2.39. The highest BCUT2D eigenvalue weighted by Gasteiger charge is 2.31. The molecule has 1 heterocycles. The summed E-state index contributed by atoms with van der Waals surface area (Å²) in [6.07, 6.45) is 2.94. The monoisotopic (exact) mass is 306 g/mol. The lowest BCUT2D eigenvalue weighted by molar-refractivity contribution is -0.135. The summed E-state index contributed by atoms with van der Waals surface area (Å²) < 4.78 is 36.5. The Morgan fingerprint density at radius 3 is 2.48 bits per heavy atom. The van der Waals surface area contributed by atoms with Gasteiger partial charge >= 0.3 is 6.18 Å². The van der Waals surface area contributed by atoms with Crippen molar-refractivity contribution >= 4 is 0 Å². The van der Waals surface area contributed by atoms with Crippen molar-refractivity contribution < 1.29 is 13.2 Å². The minimum atomic E-state index is -4.00. The highest BCUT2D eigenvalue weighted by molar-refractivity contribution is 4.89. The van der Waals surface area contributed by atoms with Crippen LogP contribution in [0.5, 0.6) is 0 Å². The van der Waals surface area contributed by atoms with Crippen LogP contribution < -0.4 is 5.32 Å². The summed E-state index contributed by atoms with van der Waals surface area (Å²) in [5.74, 6) is 0.768. The van der Waals surface area contributed by atoms with E-state index in [1.807, 2.05) is 0 Å². The van der Waals surface area contributed by atoms with Gasteiger partial charge < -0.3 is 5.32 Å². The molecule has 124 valence electrons. The summed E-state index contributed by atoms with van der Waals surface area (Å²) in [5, 5.41) is 3.66. The molecule has 0 aromatic rings. The Bertz CT molecular complexity index is 300. The van der Waals surface area contributed by atoms with Crippen LogP contribution in [-0.2, 0) is 0 Å². The summed E-state index contributed by atoms with van der Waals surface area (Å²) in [6, 6.07) is 0.986. The quantitative estimate of drug-likeness (QED) is 0.773. The molecule has 1 saturated heterocycles. The van der Waals surface area contributed by atoms with Crippen molar-refractivity contribution in [3.05, 3.63) is 0 Å². The summed E-state index contributed by atoms with van der Waals surface area (Å²) in [7, 11) is 0. The zero-order valence-electron chi connectivity index (χ0n) is 13.1. The normalized spacial score (nSPS) is 29.7. The molecule has 5 heteroatoms. The molecule has 1 saturated carbocycles. The van der Waals surface area contributed by atoms with Gasteiger partial charge in [-0.25, -0.2) is 0 Å². The van der Waals surface area contributed by atoms with Gasteiger partial charge in [0.2, 0.25) is 0 Å². The molecule has 1 aliphatic carbocycles. The molecular formula is C16H29F3N2. The highest BCUT2D eigenvalue weighted by Crippen LogP contribution is 2.28. The van der Waals surface area contributed by atoms with Gasteiger partial charge in [0.25, 0.3) is 0 Å². The molecule has 2 unspecified atom stereocenters. The Morgan fingerprint density at radius 1 is 1.10 bits per heavy atom. The van der Waals surface area contributed by atoms with Crippen molar-refractivity contribution in [2.24, 2.45) is 5.92 Å². The number of hydrogen-bond donors (Lipinski definition) is 1. The van der Waals surface area contributed by atoms with E-state index in [2.05, 4.69) is 17.1 Å². The SMILES string of the molecule is CC1CNC(C2CCCCC2)CN1CCCCC(F)(F)F. The number of piperazine rings is 1. The van der Waals surface area contributed by atoms with Gasteiger partial charge in [0, 0.05) is 31.6 Å². The van der Waals surface area contributed by atoms with Crippen LogP contribution in [0.2, 0.25) is 0 Å². The number of unbranched alkanes of at least 4 members (excludes halogenated alkanes) is 1. The fourth-order valence-electron chi connectivity index (χ4n) is 3.75. The maximum atomic E-state index is 12.2. The molecule has 0 amide bonds. The van der Waals surface area contributed by atoms with Gasteiger partial charge in [0.15, 0.2) is 0 Å². The molecular weight excluding hydrogens is 277 g/mol. The van der Waals surface area contributed by atoms with E-state index in [0.717, 1.165) is 25.6 Å². The topological polar surface area (TPSA) is 15.3 Å². The Morgan fingerprint density at radius 2 is 1.81 bits per heavy atom. The zero-order valence-corrected chi connectivity index (χ0v) is 13.1. The van der Waals surface area contributed by atoms with Crippen LogP contribution in [0.4, 0.5) is 13.2 Å². The van der Waals surface area contributed by atoms with E-state index in [-0.39, 0.29) is 6.42 Å². The van der Waals surface area contributed by atoms with E-state index in [0.29, 0.717) is 18.5 Å². The van der Waals surface area contributed by atoms with Gasteiger partial charge in [0.1, 0.15) is 0 Å². The van der Waals surface area contributed by atoms with Crippen LogP contribution in [-0.4, -0.2) is 42.8 Å². The number of alkyl halides is 3. The number of halogens is 3. The first-order valence-electron chi connectivity index (χ1n) is 8.50. The Labute approximate surface area is 126 Å². The average molecular weight is 306 g/mol. The summed E-state index contributed by atoms with van der Waals surface area (Å²) in [6.45, 7) is 4.97. The first-order chi connectivity index (χ1) is 9.96. The van der Waals surface area contributed by atoms with E-state index in [1.165, 1.54) is 32.1 Å². The molecule has 2 rings (SSSR count). The fraction of sp³-hybridized carbons (Fsp3) is 1.00. The Kier molecular flexibility index (Phi) is 6.35. The second kappa shape index (κ2) is 7.82. The van der Waals surface area contributed by atoms with Crippen LogP contribution >= 0.6 is 0 Å². The molecule has 0 aromatic carbocycles. The highest BCUT2D eigenvalue weighted by atomic mass is 19.4. The lowest BCUT2D eigenvalue weighted by Crippen LogP contribution is -2.58. The second-order valence-corrected chi connectivity index (χ2v) is 6.83. The van der Waals surface area contributed by atoms with Crippen molar-refractivity contribution in [2.75, 3.05) is 19.6 Å². The number of rotatable bonds is 5. The van der Waals surface area contributed by atoms with Crippen LogP contribution in [0.3, 0.4) is 0 Å². The smallest absolute Gasteiger partial charge is 0.311 e. The third kappa shape index (κ3) is 5.78. The molecule has 0 spiro atoms. The van der Waals surface area contributed by atoms with Crippen molar-refractivity contribution in [1.82, 2.24) is 10.2 Å². The maximum absolute atomic E-state index is 12.2. The number of hydrogen-bond acceptors (Lipinski definition) is 2. The summed E-state index contributed by atoms with van der Waals surface area (Å²) in [5.41, 5.74) is 0. The van der Waals surface area contributed by atoms with Gasteiger partial charge in [-0.05, 0) is 45.1 Å². The predicted octanol–water partition coefficient (Wildman–Crippen LogP) is 3.96. The molecule has 2 aliphatic rings. The van der Waals surface area contributed by atoms with E-state index in [4.69, 9.17) is 0 Å². The fourth-order valence-corrected chi connectivity index (χ4v) is 3.75. The molecule has 0 bridgehead atoms. The van der Waals surface area contributed by atoms with E-state index in [1.54, 1.807) is 0 Å². The largest absolute Gasteiger partial charge is 0.389 e. The van der Waals surface area contributed by atoms with Gasteiger partial charge in [-0.1, -0.05) is 19.3 Å². The van der Waals surface area contributed by atoms with Crippen molar-refractivity contribution in [3.8, 4) is 0 Å². The molecule has 2 nitrogen and oxygen atoms in total. The molecule has 21 heavy (non-hydrogen) atoms. The molecule has 1 N–H and O–H groups in total. The van der Waals surface area contributed by atoms with E-state index < -0.39 is 12.6 Å². The minimum absolute atomic E-state index is 0.258. The van der Waals surface area contributed by atoms with Gasteiger partial charge in [-0.3, -0.25) is 4.90 Å². The van der Waals surface area contributed by atoms with Crippen LogP contribution in [0, 0.1) is 5.92 Å². The maximum Gasteiger partial charge on any atom is 0.389 e. The Hall–Kier alpha value is -0.290. The number of nitrogens with one attached hydrogen (secondary N) is 1. The lowest BCUT2D eigenvalue weighted by atomic mass is 9.82. The minimum Gasteiger partial charge on any atom is -0.311 e. The van der Waals surface area contributed by atoms with E-state index in [9.17, 15) is 13.2 Å². The molecule has 0 aromatic heterocycles. The van der Waals surface area contributed by atoms with Crippen molar-refractivity contribution in [1.29, 1.82) is 0 Å². The zero-order chi connectivity index (χ0) is 15.3. The van der Waals surface area contributed by atoms with Gasteiger partial charge in [-0.15, -0.1) is 0 Å². The molecule has 2 atom stereocenters. The standard InChI is InChI=1S/C16H29F3N2/c1-13-11-20-15(14-7-3-2-4-8-14)12-21(13)10-6-5-9-16(17,18)19/h13-15,20H,2-12H2,1H3. The van der Waals surface area contributed by atoms with E-state index >= 15 is 0 Å². The van der Waals surface area contributed by atoms with Crippen LogP contribution in [0.15, 0.2) is 0 Å². The van der Waals surface area contributed by atoms with Crippen molar-refractivity contribution in [2.45, 2.75) is 76.6 Å².